The lowest BCUT2D eigenvalue weighted by atomic mass is 10.1. The molecule has 0 spiro atoms. The molecule has 15 nitrogen and oxygen atoms in total. The fourth-order valence-corrected chi connectivity index (χ4v) is 7.82. The predicted octanol–water partition coefficient (Wildman–Crippen LogP) is 2.78. The average Bonchev–Trinajstić information content (AvgIpc) is 3.90. The summed E-state index contributed by atoms with van der Waals surface area (Å²) in [7, 11) is 0. The van der Waals surface area contributed by atoms with Gasteiger partial charge in [-0.25, -0.2) is 4.68 Å². The third-order valence-corrected chi connectivity index (χ3v) is 10.6. The standard InChI is InChI=1S/C35H44F3N11O4/c1-4-27-29(45-15-16-46(22(3)19-45)30(51)25-18-40-48(31(25)52)24-7-5-6-8-24)32(53)49-34(42-33(43-49)44-13-11-39-12-14-44)47(27)20-28(50)41-26-10-9-23(17-21(26)2)35(36,37)38/h9-10,17-18,22,24,39-40H,4-8,11-16,19-20H2,1-3H3,(H,41,50)/t22-/m1/s1. The van der Waals surface area contributed by atoms with Crippen LogP contribution in [-0.4, -0.2) is 97.5 Å². The topological polar surface area (TPSA) is 158 Å². The zero-order valence-electron chi connectivity index (χ0n) is 30.0. The van der Waals surface area contributed by atoms with E-state index in [2.05, 4.69) is 20.8 Å². The summed E-state index contributed by atoms with van der Waals surface area (Å²) >= 11 is 0. The molecule has 284 valence electrons. The lowest BCUT2D eigenvalue weighted by Gasteiger charge is -2.41. The van der Waals surface area contributed by atoms with Gasteiger partial charge in [0.25, 0.3) is 17.0 Å². The number of anilines is 3. The number of nitrogens with zero attached hydrogens (tertiary/aromatic N) is 8. The van der Waals surface area contributed by atoms with E-state index in [1.54, 1.807) is 14.1 Å². The number of halogens is 3. The number of alkyl halides is 3. The van der Waals surface area contributed by atoms with Crippen LogP contribution < -0.4 is 31.6 Å². The van der Waals surface area contributed by atoms with E-state index >= 15 is 0 Å². The minimum atomic E-state index is -4.52. The minimum Gasteiger partial charge on any atom is -0.362 e. The highest BCUT2D eigenvalue weighted by Crippen LogP contribution is 2.32. The molecule has 1 atom stereocenters. The second kappa shape index (κ2) is 14.4. The van der Waals surface area contributed by atoms with Crippen molar-refractivity contribution < 1.29 is 22.8 Å². The maximum atomic E-state index is 14.4. The number of aromatic nitrogens is 6. The normalized spacial score (nSPS) is 18.7. The molecule has 2 amide bonds. The number of carbonyl (C=O) groups excluding carboxylic acids is 2. The van der Waals surface area contributed by atoms with E-state index in [0.29, 0.717) is 49.9 Å². The molecule has 4 aromatic rings. The predicted molar refractivity (Wildman–Crippen MR) is 192 cm³/mol. The molecular formula is C35H44F3N11O4. The molecule has 1 aromatic carbocycles. The van der Waals surface area contributed by atoms with Crippen LogP contribution in [0.25, 0.3) is 5.78 Å². The van der Waals surface area contributed by atoms with Gasteiger partial charge in [0, 0.05) is 63.7 Å². The Morgan fingerprint density at radius 1 is 1.02 bits per heavy atom. The first-order valence-electron chi connectivity index (χ1n) is 18.2. The van der Waals surface area contributed by atoms with Crippen molar-refractivity contribution in [1.82, 2.24) is 39.2 Å². The number of aromatic amines is 1. The molecular weight excluding hydrogens is 695 g/mol. The molecule has 2 saturated heterocycles. The Hall–Kier alpha value is -5.13. The van der Waals surface area contributed by atoms with Gasteiger partial charge in [0.2, 0.25) is 17.6 Å². The second-order valence-electron chi connectivity index (χ2n) is 14.1. The van der Waals surface area contributed by atoms with Crippen LogP contribution in [0.4, 0.5) is 30.5 Å². The summed E-state index contributed by atoms with van der Waals surface area (Å²) in [6, 6.07) is 2.81. The second-order valence-corrected chi connectivity index (χ2v) is 14.1. The number of fused-ring (bicyclic) bond motifs is 1. The molecule has 2 aliphatic heterocycles. The summed E-state index contributed by atoms with van der Waals surface area (Å²) in [4.78, 5) is 65.2. The molecule has 1 saturated carbocycles. The molecule has 5 heterocycles. The van der Waals surface area contributed by atoms with Crippen molar-refractivity contribution in [2.24, 2.45) is 0 Å². The molecule has 0 unspecified atom stereocenters. The number of hydrogen-bond donors (Lipinski definition) is 3. The van der Waals surface area contributed by atoms with Gasteiger partial charge in [0.15, 0.2) is 0 Å². The molecule has 7 rings (SSSR count). The van der Waals surface area contributed by atoms with E-state index < -0.39 is 23.2 Å². The van der Waals surface area contributed by atoms with Gasteiger partial charge >= 0.3 is 6.18 Å². The van der Waals surface area contributed by atoms with Crippen LogP contribution in [0.5, 0.6) is 0 Å². The van der Waals surface area contributed by atoms with E-state index in [0.717, 1.165) is 37.8 Å². The third kappa shape index (κ3) is 6.91. The number of H-pyrrole nitrogens is 1. The molecule has 0 bridgehead atoms. The highest BCUT2D eigenvalue weighted by Gasteiger charge is 2.35. The van der Waals surface area contributed by atoms with Crippen LogP contribution in [-0.2, 0) is 23.9 Å². The van der Waals surface area contributed by atoms with Gasteiger partial charge in [-0.05, 0) is 56.9 Å². The number of aryl methyl sites for hydroxylation is 1. The molecule has 0 radical (unpaired) electrons. The fraction of sp³-hybridized carbons (Fsp3) is 0.543. The van der Waals surface area contributed by atoms with E-state index in [4.69, 9.17) is 4.98 Å². The van der Waals surface area contributed by atoms with Crippen molar-refractivity contribution in [2.45, 2.75) is 77.7 Å². The highest BCUT2D eigenvalue weighted by atomic mass is 19.4. The van der Waals surface area contributed by atoms with Gasteiger partial charge in [0.1, 0.15) is 17.8 Å². The van der Waals surface area contributed by atoms with Gasteiger partial charge in [-0.1, -0.05) is 19.8 Å². The smallest absolute Gasteiger partial charge is 0.362 e. The lowest BCUT2D eigenvalue weighted by Crippen LogP contribution is -2.56. The van der Waals surface area contributed by atoms with E-state index in [9.17, 15) is 32.3 Å². The van der Waals surface area contributed by atoms with E-state index in [1.165, 1.54) is 23.7 Å². The first kappa shape index (κ1) is 36.2. The maximum absolute atomic E-state index is 14.4. The van der Waals surface area contributed by atoms with Crippen LogP contribution in [0.3, 0.4) is 0 Å². The summed E-state index contributed by atoms with van der Waals surface area (Å²) in [6.07, 6.45) is 1.17. The first-order valence-corrected chi connectivity index (χ1v) is 18.2. The maximum Gasteiger partial charge on any atom is 0.416 e. The Morgan fingerprint density at radius 2 is 1.75 bits per heavy atom. The van der Waals surface area contributed by atoms with Gasteiger partial charge in [-0.2, -0.15) is 22.7 Å². The molecule has 3 N–H and O–H groups in total. The third-order valence-electron chi connectivity index (χ3n) is 10.6. The minimum absolute atomic E-state index is 0.0628. The van der Waals surface area contributed by atoms with Crippen LogP contribution >= 0.6 is 0 Å². The summed E-state index contributed by atoms with van der Waals surface area (Å²) < 4.78 is 44.3. The fourth-order valence-electron chi connectivity index (χ4n) is 7.82. The molecule has 3 fully saturated rings. The summed E-state index contributed by atoms with van der Waals surface area (Å²) in [5, 5.41) is 13.6. The van der Waals surface area contributed by atoms with E-state index in [-0.39, 0.29) is 72.3 Å². The summed E-state index contributed by atoms with van der Waals surface area (Å²) in [5.41, 5.74) is -0.148. The zero-order valence-corrected chi connectivity index (χ0v) is 30.0. The Kier molecular flexibility index (Phi) is 9.82. The quantitative estimate of drug-likeness (QED) is 0.247. The first-order chi connectivity index (χ1) is 25.3. The van der Waals surface area contributed by atoms with Crippen molar-refractivity contribution in [3.05, 3.63) is 67.5 Å². The van der Waals surface area contributed by atoms with Crippen LogP contribution in [0, 0.1) is 6.92 Å². The summed E-state index contributed by atoms with van der Waals surface area (Å²) in [6.45, 7) is 8.37. The highest BCUT2D eigenvalue weighted by molar-refractivity contribution is 5.94. The number of amides is 2. The monoisotopic (exact) mass is 739 g/mol. The SMILES string of the molecule is CCc1c(N2CCN(C(=O)c3c[nH]n(C4CCCC4)c3=O)[C@H](C)C2)c(=O)n2nc(N3CCNCC3)nc2n1CC(=O)Nc1ccc(C(F)(F)F)cc1C. The molecule has 1 aliphatic carbocycles. The Balaban J connectivity index is 1.20. The van der Waals surface area contributed by atoms with Gasteiger partial charge < -0.3 is 35.0 Å². The number of benzene rings is 1. The van der Waals surface area contributed by atoms with Crippen molar-refractivity contribution in [2.75, 3.05) is 60.9 Å². The molecule has 18 heteroatoms. The molecule has 3 aromatic heterocycles. The van der Waals surface area contributed by atoms with Crippen molar-refractivity contribution in [1.29, 1.82) is 0 Å². The van der Waals surface area contributed by atoms with Gasteiger partial charge in [-0.3, -0.25) is 19.2 Å². The number of piperazine rings is 2. The summed E-state index contributed by atoms with van der Waals surface area (Å²) in [5.74, 6) is -0.388. The van der Waals surface area contributed by atoms with Crippen molar-refractivity contribution in [3.8, 4) is 0 Å². The van der Waals surface area contributed by atoms with E-state index in [1.807, 2.05) is 23.6 Å². The van der Waals surface area contributed by atoms with Crippen LogP contribution in [0.15, 0.2) is 34.0 Å². The number of rotatable bonds is 8. The van der Waals surface area contributed by atoms with Crippen molar-refractivity contribution >= 4 is 34.9 Å². The Bertz CT molecular complexity index is 2140. The Labute approximate surface area is 302 Å². The van der Waals surface area contributed by atoms with Crippen LogP contribution in [0.2, 0.25) is 0 Å². The van der Waals surface area contributed by atoms with Crippen LogP contribution in [0.1, 0.15) is 72.8 Å². The largest absolute Gasteiger partial charge is 0.416 e. The molecule has 3 aliphatic rings. The number of nitrogens with one attached hydrogen (secondary N) is 3. The lowest BCUT2D eigenvalue weighted by molar-refractivity contribution is -0.137. The van der Waals surface area contributed by atoms with Gasteiger partial charge in [-0.15, -0.1) is 5.10 Å². The average molecular weight is 740 g/mol. The zero-order chi connectivity index (χ0) is 37.6. The molecule has 53 heavy (non-hydrogen) atoms. The Morgan fingerprint density at radius 3 is 2.42 bits per heavy atom. The van der Waals surface area contributed by atoms with Crippen molar-refractivity contribution in [3.63, 3.8) is 0 Å². The number of carbonyl (C=O) groups is 2. The van der Waals surface area contributed by atoms with Gasteiger partial charge in [0.05, 0.1) is 17.3 Å². The number of hydrogen-bond acceptors (Lipinski definition) is 9.